The van der Waals surface area contributed by atoms with Crippen LogP contribution in [-0.2, 0) is 0 Å². The van der Waals surface area contributed by atoms with Crippen molar-refractivity contribution in [3.05, 3.63) is 237 Å². The Kier molecular flexibility index (Phi) is 8.56. The molecule has 0 amide bonds. The average Bonchev–Trinajstić information content (AvgIpc) is 4.09. The minimum Gasteiger partial charge on any atom is -0.456 e. The molecule has 0 aliphatic rings. The molecule has 15 aromatic rings. The molecule has 0 unspecified atom stereocenters. The molecule has 6 heteroatoms. The van der Waals surface area contributed by atoms with Crippen LogP contribution in [0.5, 0.6) is 0 Å². The zero-order chi connectivity index (χ0) is 46.6. The van der Waals surface area contributed by atoms with Crippen molar-refractivity contribution in [3.63, 3.8) is 0 Å². The molecular weight excluding hydrogens is 867 g/mol. The van der Waals surface area contributed by atoms with Gasteiger partial charge in [-0.05, 0) is 106 Å². The molecule has 0 fully saturated rings. The summed E-state index contributed by atoms with van der Waals surface area (Å²) in [6, 6.07) is 83.9. The third-order valence-corrected chi connectivity index (χ3v) is 14.3. The van der Waals surface area contributed by atoms with E-state index in [1.807, 2.05) is 18.2 Å². The van der Waals surface area contributed by atoms with Gasteiger partial charge in [-0.25, -0.2) is 15.0 Å². The first-order valence-electron chi connectivity index (χ1n) is 24.0. The van der Waals surface area contributed by atoms with Crippen LogP contribution in [0.4, 0.5) is 0 Å². The van der Waals surface area contributed by atoms with Crippen molar-refractivity contribution in [2.75, 3.05) is 0 Å². The minimum atomic E-state index is 0.578. The molecule has 15 rings (SSSR count). The first kappa shape index (κ1) is 39.4. The zero-order valence-corrected chi connectivity index (χ0v) is 38.2. The van der Waals surface area contributed by atoms with Gasteiger partial charge in [-0.1, -0.05) is 158 Å². The molecule has 0 spiro atoms. The Morgan fingerprint density at radius 1 is 0.296 bits per heavy atom. The molecule has 0 saturated carbocycles. The number of furan rings is 1. The van der Waals surface area contributed by atoms with Gasteiger partial charge in [0, 0.05) is 60.3 Å². The molecule has 0 atom stereocenters. The molecule has 0 radical (unpaired) electrons. The van der Waals surface area contributed by atoms with Crippen LogP contribution in [0.1, 0.15) is 0 Å². The van der Waals surface area contributed by atoms with Gasteiger partial charge < -0.3 is 13.6 Å². The fraction of sp³-hybridized carbons (Fsp3) is 0. The quantitative estimate of drug-likeness (QED) is 0.167. The Labute approximate surface area is 407 Å². The summed E-state index contributed by atoms with van der Waals surface area (Å²) in [5.74, 6) is 1.78. The number of hydrogen-bond donors (Lipinski definition) is 0. The van der Waals surface area contributed by atoms with Crippen LogP contribution in [0.3, 0.4) is 0 Å². The highest BCUT2D eigenvalue weighted by Crippen LogP contribution is 2.45. The molecule has 0 bridgehead atoms. The predicted octanol–water partition coefficient (Wildman–Crippen LogP) is 16.9. The van der Waals surface area contributed by atoms with Crippen molar-refractivity contribution in [1.82, 2.24) is 24.1 Å². The lowest BCUT2D eigenvalue weighted by molar-refractivity contribution is 0.669. The van der Waals surface area contributed by atoms with E-state index in [2.05, 4.69) is 228 Å². The Bertz CT molecular complexity index is 4640. The molecule has 330 valence electrons. The maximum absolute atomic E-state index is 6.74. The number of fused-ring (bicyclic) bond motifs is 11. The number of aromatic nitrogens is 5. The second-order valence-corrected chi connectivity index (χ2v) is 18.3. The Morgan fingerprint density at radius 2 is 0.873 bits per heavy atom. The van der Waals surface area contributed by atoms with E-state index in [-0.39, 0.29) is 0 Å². The summed E-state index contributed by atoms with van der Waals surface area (Å²) >= 11 is 0. The summed E-state index contributed by atoms with van der Waals surface area (Å²) in [5.41, 5.74) is 13.0. The summed E-state index contributed by atoms with van der Waals surface area (Å²) < 4.78 is 11.5. The van der Waals surface area contributed by atoms with E-state index in [9.17, 15) is 0 Å². The minimum absolute atomic E-state index is 0.578. The van der Waals surface area contributed by atoms with Crippen LogP contribution < -0.4 is 0 Å². The van der Waals surface area contributed by atoms with Crippen molar-refractivity contribution in [1.29, 1.82) is 0 Å². The van der Waals surface area contributed by atoms with Crippen molar-refractivity contribution in [2.24, 2.45) is 0 Å². The smallest absolute Gasteiger partial charge is 0.164 e. The number of benzene rings is 11. The lowest BCUT2D eigenvalue weighted by atomic mass is 9.95. The molecule has 11 aromatic carbocycles. The topological polar surface area (TPSA) is 61.7 Å². The van der Waals surface area contributed by atoms with E-state index in [1.54, 1.807) is 0 Å². The van der Waals surface area contributed by atoms with Crippen LogP contribution in [-0.4, -0.2) is 24.1 Å². The largest absolute Gasteiger partial charge is 0.456 e. The molecule has 4 heterocycles. The van der Waals surface area contributed by atoms with Gasteiger partial charge in [0.25, 0.3) is 0 Å². The lowest BCUT2D eigenvalue weighted by Gasteiger charge is -2.17. The summed E-state index contributed by atoms with van der Waals surface area (Å²) in [4.78, 5) is 16.1. The van der Waals surface area contributed by atoms with E-state index < -0.39 is 0 Å². The number of para-hydroxylation sites is 3. The van der Waals surface area contributed by atoms with E-state index in [1.165, 1.54) is 21.5 Å². The Hall–Kier alpha value is -9.65. The van der Waals surface area contributed by atoms with E-state index in [4.69, 9.17) is 19.4 Å². The molecule has 0 saturated heterocycles. The SMILES string of the molecule is c1ccc(-c2nc(-c3ccc(-n4c5ccccc5c5cc6ccccc6cc54)c(-c4cccc5oc6cc7ccccc7cc6c45)c3)nc(-c3cccc4c3c3ccccc3n4-c3ccccc3)n2)cc1. The van der Waals surface area contributed by atoms with Crippen molar-refractivity contribution in [2.45, 2.75) is 0 Å². The molecule has 0 aliphatic carbocycles. The first-order valence-corrected chi connectivity index (χ1v) is 24.0. The maximum Gasteiger partial charge on any atom is 0.164 e. The Morgan fingerprint density at radius 3 is 1.65 bits per heavy atom. The van der Waals surface area contributed by atoms with Crippen molar-refractivity contribution >= 4 is 87.1 Å². The van der Waals surface area contributed by atoms with Crippen molar-refractivity contribution < 1.29 is 4.42 Å². The molecular formula is C65H39N5O. The Balaban J connectivity index is 1.03. The van der Waals surface area contributed by atoms with Gasteiger partial charge in [0.2, 0.25) is 0 Å². The zero-order valence-electron chi connectivity index (χ0n) is 38.2. The monoisotopic (exact) mass is 905 g/mol. The summed E-state index contributed by atoms with van der Waals surface area (Å²) in [7, 11) is 0. The average molecular weight is 906 g/mol. The van der Waals surface area contributed by atoms with Gasteiger partial charge in [-0.2, -0.15) is 0 Å². The molecule has 6 nitrogen and oxygen atoms in total. The highest BCUT2D eigenvalue weighted by molar-refractivity contribution is 6.18. The van der Waals surface area contributed by atoms with Gasteiger partial charge in [0.1, 0.15) is 11.2 Å². The fourth-order valence-electron chi connectivity index (χ4n) is 11.1. The van der Waals surface area contributed by atoms with Gasteiger partial charge in [-0.15, -0.1) is 0 Å². The number of hydrogen-bond acceptors (Lipinski definition) is 4. The van der Waals surface area contributed by atoms with E-state index in [0.29, 0.717) is 17.5 Å². The molecule has 4 aromatic heterocycles. The van der Waals surface area contributed by atoms with Crippen LogP contribution >= 0.6 is 0 Å². The normalized spacial score (nSPS) is 11.9. The number of nitrogens with zero attached hydrogens (tertiary/aromatic N) is 5. The predicted molar refractivity (Wildman–Crippen MR) is 293 cm³/mol. The fourth-order valence-corrected chi connectivity index (χ4v) is 11.1. The highest BCUT2D eigenvalue weighted by Gasteiger charge is 2.24. The van der Waals surface area contributed by atoms with E-state index >= 15 is 0 Å². The second kappa shape index (κ2) is 15.4. The van der Waals surface area contributed by atoms with Gasteiger partial charge in [0.15, 0.2) is 17.5 Å². The van der Waals surface area contributed by atoms with Crippen LogP contribution in [0.25, 0.3) is 144 Å². The van der Waals surface area contributed by atoms with Gasteiger partial charge >= 0.3 is 0 Å². The third kappa shape index (κ3) is 6.11. The summed E-state index contributed by atoms with van der Waals surface area (Å²) in [6.45, 7) is 0. The summed E-state index contributed by atoms with van der Waals surface area (Å²) in [6.07, 6.45) is 0. The second-order valence-electron chi connectivity index (χ2n) is 18.3. The lowest BCUT2D eigenvalue weighted by Crippen LogP contribution is -2.02. The van der Waals surface area contributed by atoms with E-state index in [0.717, 1.165) is 105 Å². The number of rotatable bonds is 6. The van der Waals surface area contributed by atoms with Gasteiger partial charge in [-0.3, -0.25) is 0 Å². The van der Waals surface area contributed by atoms with Crippen LogP contribution in [0.15, 0.2) is 241 Å². The summed E-state index contributed by atoms with van der Waals surface area (Å²) in [5, 5.41) is 11.4. The standard InChI is InChI=1S/C65H39N5O/c1-3-17-40(18-4-1)63-66-64(68-65(67-63)50-28-15-31-57-61(50)49-26-12-14-30-55(49)69(57)46-23-5-2-6-24-46)45-33-34-56(70-54-29-13-11-25-47(54)51-35-41-19-7-9-21-43(41)38-58(51)70)52(37-45)48-27-16-32-59-62(48)53-36-42-20-8-10-22-44(42)39-60(53)71-59/h1-39H. The third-order valence-electron chi connectivity index (χ3n) is 14.3. The first-order chi connectivity index (χ1) is 35.2. The molecule has 0 N–H and O–H groups in total. The van der Waals surface area contributed by atoms with Crippen LogP contribution in [0.2, 0.25) is 0 Å². The maximum atomic E-state index is 6.74. The van der Waals surface area contributed by atoms with Crippen molar-refractivity contribution in [3.8, 4) is 56.7 Å². The highest BCUT2D eigenvalue weighted by atomic mass is 16.3. The molecule has 0 aliphatic heterocycles. The molecule has 71 heavy (non-hydrogen) atoms. The van der Waals surface area contributed by atoms with Crippen LogP contribution in [0, 0.1) is 0 Å². The van der Waals surface area contributed by atoms with Gasteiger partial charge in [0.05, 0.1) is 27.8 Å².